The van der Waals surface area contributed by atoms with E-state index in [0.717, 1.165) is 15.1 Å². The number of thiophene rings is 1. The molecular formula is C25H25F3N6O2S. The lowest BCUT2D eigenvalue weighted by molar-refractivity contribution is -0.141. The Hall–Kier alpha value is -3.69. The number of nitrogens with one attached hydrogen (secondary N) is 1. The van der Waals surface area contributed by atoms with E-state index < -0.39 is 23.3 Å². The standard InChI is InChI=1S/C25H25F3N6O2S/c1-4-34-13-19(23(31-34)25(26,27)28)22-16(7-8-30-24(22)36)18-12-33(21(35)6-5-9-32(2)3)14-20-17(18)10-15(11-29)37-20/h5-8,10,13,18H,4,9,12,14H2,1-3H3,(H,30,36)/b6-5+. The van der Waals surface area contributed by atoms with E-state index in [-0.39, 0.29) is 36.7 Å². The van der Waals surface area contributed by atoms with Crippen molar-refractivity contribution in [1.82, 2.24) is 24.6 Å². The van der Waals surface area contributed by atoms with E-state index in [0.29, 0.717) is 17.0 Å². The normalized spacial score (nSPS) is 15.8. The van der Waals surface area contributed by atoms with E-state index in [2.05, 4.69) is 16.2 Å². The summed E-state index contributed by atoms with van der Waals surface area (Å²) in [5.74, 6) is -0.873. The third-order valence-corrected chi connectivity index (χ3v) is 7.14. The summed E-state index contributed by atoms with van der Waals surface area (Å²) in [4.78, 5) is 33.2. The van der Waals surface area contributed by atoms with Crippen LogP contribution < -0.4 is 5.56 Å². The maximum Gasteiger partial charge on any atom is 0.435 e. The number of carbonyl (C=O) groups is 1. The first-order chi connectivity index (χ1) is 17.5. The topological polar surface area (TPSA) is 98.0 Å². The van der Waals surface area contributed by atoms with E-state index in [9.17, 15) is 28.0 Å². The van der Waals surface area contributed by atoms with Crippen molar-refractivity contribution in [2.45, 2.75) is 32.1 Å². The molecule has 0 aliphatic carbocycles. The maximum absolute atomic E-state index is 13.9. The molecule has 1 amide bonds. The SMILES string of the molecule is CCn1cc(-c2c(C3CN(C(=O)/C=C/CN(C)C)Cc4sc(C#N)cc43)cc[nH]c2=O)c(C(F)(F)F)n1. The van der Waals surface area contributed by atoms with Crippen molar-refractivity contribution in [1.29, 1.82) is 5.26 Å². The van der Waals surface area contributed by atoms with Gasteiger partial charge in [-0.2, -0.15) is 23.5 Å². The molecule has 1 aliphatic rings. The fourth-order valence-electron chi connectivity index (χ4n) is 4.41. The van der Waals surface area contributed by atoms with Crippen LogP contribution in [0.1, 0.15) is 39.4 Å². The molecule has 0 spiro atoms. The third-order valence-electron chi connectivity index (χ3n) is 6.10. The molecule has 12 heteroatoms. The molecule has 0 radical (unpaired) electrons. The van der Waals surface area contributed by atoms with E-state index in [1.807, 2.05) is 19.0 Å². The first-order valence-corrected chi connectivity index (χ1v) is 12.3. The van der Waals surface area contributed by atoms with Crippen LogP contribution >= 0.6 is 11.3 Å². The molecule has 1 N–H and O–H groups in total. The number of likely N-dealkylation sites (N-methyl/N-ethyl adjacent to an activating group) is 1. The van der Waals surface area contributed by atoms with Crippen molar-refractivity contribution in [3.63, 3.8) is 0 Å². The van der Waals surface area contributed by atoms with Gasteiger partial charge in [0.15, 0.2) is 5.69 Å². The lowest BCUT2D eigenvalue weighted by Crippen LogP contribution is -2.37. The molecule has 1 unspecified atom stereocenters. The number of aromatic nitrogens is 3. The monoisotopic (exact) mass is 530 g/mol. The summed E-state index contributed by atoms with van der Waals surface area (Å²) in [5.41, 5.74) is -1.24. The number of nitriles is 1. The van der Waals surface area contributed by atoms with Crippen LogP contribution in [0.2, 0.25) is 0 Å². The molecular weight excluding hydrogens is 505 g/mol. The molecule has 8 nitrogen and oxygen atoms in total. The van der Waals surface area contributed by atoms with E-state index in [1.165, 1.54) is 29.8 Å². The van der Waals surface area contributed by atoms with Gasteiger partial charge in [-0.05, 0) is 44.3 Å². The van der Waals surface area contributed by atoms with E-state index >= 15 is 0 Å². The number of fused-ring (bicyclic) bond motifs is 1. The van der Waals surface area contributed by atoms with Crippen molar-refractivity contribution in [3.8, 4) is 17.2 Å². The van der Waals surface area contributed by atoms with Crippen LogP contribution in [0.3, 0.4) is 0 Å². The minimum absolute atomic E-state index is 0.138. The summed E-state index contributed by atoms with van der Waals surface area (Å²) in [6.07, 6.45) is 1.03. The quantitative estimate of drug-likeness (QED) is 0.489. The molecule has 3 aromatic heterocycles. The molecule has 0 saturated carbocycles. The van der Waals surface area contributed by atoms with Gasteiger partial charge in [0.1, 0.15) is 10.9 Å². The smallest absolute Gasteiger partial charge is 0.333 e. The van der Waals surface area contributed by atoms with Crippen LogP contribution in [0.15, 0.2) is 41.5 Å². The number of halogens is 3. The lowest BCUT2D eigenvalue weighted by atomic mass is 9.84. The molecule has 0 aromatic carbocycles. The Morgan fingerprint density at radius 1 is 1.38 bits per heavy atom. The summed E-state index contributed by atoms with van der Waals surface area (Å²) < 4.78 is 42.9. The summed E-state index contributed by atoms with van der Waals surface area (Å²) in [6, 6.07) is 5.37. The summed E-state index contributed by atoms with van der Waals surface area (Å²) in [5, 5.41) is 13.2. The zero-order chi connectivity index (χ0) is 26.9. The Bertz CT molecular complexity index is 1440. The minimum Gasteiger partial charge on any atom is -0.333 e. The number of aryl methyl sites for hydroxylation is 1. The molecule has 4 rings (SSSR count). The summed E-state index contributed by atoms with van der Waals surface area (Å²) in [6.45, 7) is 2.81. The number of alkyl halides is 3. The summed E-state index contributed by atoms with van der Waals surface area (Å²) >= 11 is 1.23. The van der Waals surface area contributed by atoms with Crippen LogP contribution in [0, 0.1) is 11.3 Å². The average molecular weight is 531 g/mol. The van der Waals surface area contributed by atoms with Crippen LogP contribution in [0.4, 0.5) is 13.2 Å². The van der Waals surface area contributed by atoms with Crippen LogP contribution in [0.5, 0.6) is 0 Å². The number of amides is 1. The van der Waals surface area contributed by atoms with Gasteiger partial charge in [-0.25, -0.2) is 0 Å². The van der Waals surface area contributed by atoms with Gasteiger partial charge in [-0.1, -0.05) is 6.08 Å². The van der Waals surface area contributed by atoms with Crippen LogP contribution in [-0.4, -0.2) is 57.7 Å². The van der Waals surface area contributed by atoms with Gasteiger partial charge in [0, 0.05) is 54.5 Å². The van der Waals surface area contributed by atoms with Crippen LogP contribution in [0.25, 0.3) is 11.1 Å². The number of carbonyl (C=O) groups excluding carboxylic acids is 1. The number of pyridine rings is 1. The molecule has 0 saturated heterocycles. The van der Waals surface area contributed by atoms with E-state index in [1.54, 1.807) is 30.0 Å². The predicted molar refractivity (Wildman–Crippen MR) is 133 cm³/mol. The average Bonchev–Trinajstić information content (AvgIpc) is 3.47. The van der Waals surface area contributed by atoms with Crippen molar-refractivity contribution < 1.29 is 18.0 Å². The van der Waals surface area contributed by atoms with Crippen LogP contribution in [-0.2, 0) is 24.1 Å². The predicted octanol–water partition coefficient (Wildman–Crippen LogP) is 3.80. The van der Waals surface area contributed by atoms with Gasteiger partial charge in [0.05, 0.1) is 12.1 Å². The van der Waals surface area contributed by atoms with E-state index in [4.69, 9.17) is 0 Å². The van der Waals surface area contributed by atoms with Gasteiger partial charge in [-0.3, -0.25) is 14.3 Å². The second-order valence-electron chi connectivity index (χ2n) is 8.92. The number of aromatic amines is 1. The van der Waals surface area contributed by atoms with Gasteiger partial charge < -0.3 is 14.8 Å². The Labute approximate surface area is 215 Å². The van der Waals surface area contributed by atoms with Crippen molar-refractivity contribution in [3.05, 3.63) is 73.6 Å². The minimum atomic E-state index is -4.78. The molecule has 4 heterocycles. The zero-order valence-corrected chi connectivity index (χ0v) is 21.3. The highest BCUT2D eigenvalue weighted by Gasteiger charge is 2.40. The first-order valence-electron chi connectivity index (χ1n) is 11.5. The van der Waals surface area contributed by atoms with Crippen molar-refractivity contribution in [2.75, 3.05) is 27.2 Å². The third kappa shape index (κ3) is 5.38. The molecule has 3 aromatic rings. The second kappa shape index (κ2) is 10.4. The highest BCUT2D eigenvalue weighted by molar-refractivity contribution is 7.12. The molecule has 1 atom stereocenters. The zero-order valence-electron chi connectivity index (χ0n) is 20.5. The van der Waals surface area contributed by atoms with Crippen molar-refractivity contribution in [2.24, 2.45) is 0 Å². The first kappa shape index (κ1) is 26.4. The largest absolute Gasteiger partial charge is 0.435 e. The van der Waals surface area contributed by atoms with Crippen molar-refractivity contribution >= 4 is 17.2 Å². The van der Waals surface area contributed by atoms with Gasteiger partial charge in [-0.15, -0.1) is 11.3 Å². The fourth-order valence-corrected chi connectivity index (χ4v) is 5.45. The highest BCUT2D eigenvalue weighted by atomic mass is 32.1. The number of hydrogen-bond donors (Lipinski definition) is 1. The Kier molecular flexibility index (Phi) is 7.38. The van der Waals surface area contributed by atoms with Gasteiger partial charge >= 0.3 is 6.18 Å². The molecule has 194 valence electrons. The number of H-pyrrole nitrogens is 1. The number of rotatable bonds is 6. The Morgan fingerprint density at radius 2 is 2.14 bits per heavy atom. The van der Waals surface area contributed by atoms with Gasteiger partial charge in [0.2, 0.25) is 5.91 Å². The molecule has 0 fully saturated rings. The lowest BCUT2D eigenvalue weighted by Gasteiger charge is -2.33. The number of hydrogen-bond acceptors (Lipinski definition) is 6. The fraction of sp³-hybridized carbons (Fsp3) is 0.360. The number of nitrogens with zero attached hydrogens (tertiary/aromatic N) is 5. The maximum atomic E-state index is 13.9. The molecule has 0 bridgehead atoms. The van der Waals surface area contributed by atoms with Gasteiger partial charge in [0.25, 0.3) is 5.56 Å². The highest BCUT2D eigenvalue weighted by Crippen LogP contribution is 2.43. The summed E-state index contributed by atoms with van der Waals surface area (Å²) in [7, 11) is 3.74. The molecule has 1 aliphatic heterocycles. The molecule has 37 heavy (non-hydrogen) atoms. The Balaban J connectivity index is 1.86. The second-order valence-corrected chi connectivity index (χ2v) is 10.1. The Morgan fingerprint density at radius 3 is 2.78 bits per heavy atom.